The lowest BCUT2D eigenvalue weighted by atomic mass is 10.1. The van der Waals surface area contributed by atoms with Gasteiger partial charge in [0, 0.05) is 18.7 Å². The summed E-state index contributed by atoms with van der Waals surface area (Å²) in [5.74, 6) is -1.22. The Morgan fingerprint density at radius 3 is 2.78 bits per heavy atom. The molecule has 1 atom stereocenters. The van der Waals surface area contributed by atoms with E-state index in [9.17, 15) is 8.78 Å². The lowest BCUT2D eigenvalue weighted by Gasteiger charge is -2.32. The van der Waals surface area contributed by atoms with Gasteiger partial charge in [-0.05, 0) is 25.3 Å². The van der Waals surface area contributed by atoms with E-state index in [1.54, 1.807) is 0 Å². The number of anilines is 2. The Hall–Kier alpha value is -1.32. The summed E-state index contributed by atoms with van der Waals surface area (Å²) in [6.45, 7) is 2.93. The Morgan fingerprint density at radius 1 is 1.28 bits per heavy atom. The molecular weight excluding hydrogens is 234 g/mol. The largest absolute Gasteiger partial charge is 0.395 e. The number of nitrogen functional groups attached to an aromatic ring is 1. The molecule has 18 heavy (non-hydrogen) atoms. The van der Waals surface area contributed by atoms with Crippen molar-refractivity contribution in [2.75, 3.05) is 17.2 Å². The predicted octanol–water partition coefficient (Wildman–Crippen LogP) is 3.71. The van der Waals surface area contributed by atoms with E-state index in [0.29, 0.717) is 11.7 Å². The molecule has 0 radical (unpaired) electrons. The summed E-state index contributed by atoms with van der Waals surface area (Å²) < 4.78 is 26.9. The molecule has 1 aromatic carbocycles. The molecule has 4 heteroatoms. The number of benzene rings is 1. The standard InChI is InChI=1S/C14H20F2N2/c1-2-11-6-4-3-5-7-18(11)13-9-10(15)8-12(16)14(13)17/h8-9,11H,2-7,17H2,1H3. The molecule has 1 unspecified atom stereocenters. The second kappa shape index (κ2) is 5.55. The van der Waals surface area contributed by atoms with Crippen LogP contribution in [-0.2, 0) is 0 Å². The molecule has 0 bridgehead atoms. The van der Waals surface area contributed by atoms with Crippen molar-refractivity contribution >= 4 is 11.4 Å². The maximum atomic E-state index is 13.5. The van der Waals surface area contributed by atoms with E-state index in [-0.39, 0.29) is 5.69 Å². The number of halogens is 2. The Morgan fingerprint density at radius 2 is 2.06 bits per heavy atom. The Balaban J connectivity index is 2.38. The molecule has 0 amide bonds. The fourth-order valence-electron chi connectivity index (χ4n) is 2.73. The van der Waals surface area contributed by atoms with E-state index in [1.807, 2.05) is 0 Å². The third-order valence-electron chi connectivity index (χ3n) is 3.73. The summed E-state index contributed by atoms with van der Waals surface area (Å²) in [5.41, 5.74) is 6.35. The van der Waals surface area contributed by atoms with Gasteiger partial charge in [0.1, 0.15) is 5.82 Å². The zero-order valence-electron chi connectivity index (χ0n) is 10.8. The first-order valence-electron chi connectivity index (χ1n) is 6.64. The molecule has 0 saturated carbocycles. The van der Waals surface area contributed by atoms with Gasteiger partial charge in [0.05, 0.1) is 11.4 Å². The van der Waals surface area contributed by atoms with Crippen molar-refractivity contribution in [2.45, 2.75) is 45.1 Å². The zero-order valence-corrected chi connectivity index (χ0v) is 10.8. The molecule has 1 aliphatic rings. The van der Waals surface area contributed by atoms with Crippen molar-refractivity contribution in [2.24, 2.45) is 0 Å². The average molecular weight is 254 g/mol. The van der Waals surface area contributed by atoms with Crippen molar-refractivity contribution in [1.82, 2.24) is 0 Å². The highest BCUT2D eigenvalue weighted by Gasteiger charge is 2.23. The van der Waals surface area contributed by atoms with Gasteiger partial charge in [-0.2, -0.15) is 0 Å². The van der Waals surface area contributed by atoms with Crippen LogP contribution in [-0.4, -0.2) is 12.6 Å². The fraction of sp³-hybridized carbons (Fsp3) is 0.571. The highest BCUT2D eigenvalue weighted by molar-refractivity contribution is 5.68. The van der Waals surface area contributed by atoms with Gasteiger partial charge in [-0.3, -0.25) is 0 Å². The van der Waals surface area contributed by atoms with Crippen LogP contribution in [0.15, 0.2) is 12.1 Å². The van der Waals surface area contributed by atoms with Crippen LogP contribution in [0.4, 0.5) is 20.2 Å². The van der Waals surface area contributed by atoms with E-state index in [0.717, 1.165) is 31.9 Å². The van der Waals surface area contributed by atoms with Crippen LogP contribution < -0.4 is 10.6 Å². The lowest BCUT2D eigenvalue weighted by Crippen LogP contribution is -2.35. The minimum Gasteiger partial charge on any atom is -0.395 e. The quantitative estimate of drug-likeness (QED) is 0.815. The second-order valence-electron chi connectivity index (χ2n) is 4.93. The Bertz CT molecular complexity index is 421. The van der Waals surface area contributed by atoms with Crippen molar-refractivity contribution < 1.29 is 8.78 Å². The van der Waals surface area contributed by atoms with E-state index in [1.165, 1.54) is 18.9 Å². The number of nitrogens with zero attached hydrogens (tertiary/aromatic N) is 1. The maximum absolute atomic E-state index is 13.5. The van der Waals surface area contributed by atoms with Gasteiger partial charge < -0.3 is 10.6 Å². The molecule has 0 spiro atoms. The topological polar surface area (TPSA) is 29.3 Å². The molecule has 1 aliphatic heterocycles. The summed E-state index contributed by atoms with van der Waals surface area (Å²) in [5, 5.41) is 0. The fourth-order valence-corrected chi connectivity index (χ4v) is 2.73. The van der Waals surface area contributed by atoms with Crippen LogP contribution in [0.25, 0.3) is 0 Å². The molecular formula is C14H20F2N2. The van der Waals surface area contributed by atoms with Crippen molar-refractivity contribution in [3.63, 3.8) is 0 Å². The lowest BCUT2D eigenvalue weighted by molar-refractivity contribution is 0.549. The van der Waals surface area contributed by atoms with Crippen molar-refractivity contribution in [3.05, 3.63) is 23.8 Å². The Labute approximate surface area is 107 Å². The van der Waals surface area contributed by atoms with Crippen molar-refractivity contribution in [1.29, 1.82) is 0 Å². The van der Waals surface area contributed by atoms with E-state index in [4.69, 9.17) is 5.73 Å². The van der Waals surface area contributed by atoms with Gasteiger partial charge in [0.2, 0.25) is 0 Å². The molecule has 1 aromatic rings. The first-order valence-corrected chi connectivity index (χ1v) is 6.64. The summed E-state index contributed by atoms with van der Waals surface area (Å²) in [7, 11) is 0. The van der Waals surface area contributed by atoms with Gasteiger partial charge in [0.25, 0.3) is 0 Å². The average Bonchev–Trinajstić information content (AvgIpc) is 2.58. The van der Waals surface area contributed by atoms with Crippen LogP contribution in [0.1, 0.15) is 39.0 Å². The predicted molar refractivity (Wildman–Crippen MR) is 70.7 cm³/mol. The summed E-state index contributed by atoms with van der Waals surface area (Å²) in [6, 6.07) is 2.53. The molecule has 100 valence electrons. The summed E-state index contributed by atoms with van der Waals surface area (Å²) in [6.07, 6.45) is 5.43. The van der Waals surface area contributed by atoms with Crippen LogP contribution in [0, 0.1) is 11.6 Å². The molecule has 2 nitrogen and oxygen atoms in total. The third-order valence-corrected chi connectivity index (χ3v) is 3.73. The second-order valence-corrected chi connectivity index (χ2v) is 4.93. The SMILES string of the molecule is CCC1CCCCCN1c1cc(F)cc(F)c1N. The first-order chi connectivity index (χ1) is 8.63. The number of rotatable bonds is 2. The third kappa shape index (κ3) is 2.57. The van der Waals surface area contributed by atoms with Gasteiger partial charge in [-0.15, -0.1) is 0 Å². The first kappa shape index (κ1) is 13.1. The summed E-state index contributed by atoms with van der Waals surface area (Å²) >= 11 is 0. The van der Waals surface area contributed by atoms with Gasteiger partial charge in [-0.1, -0.05) is 19.8 Å². The normalized spacial score (nSPS) is 20.8. The molecule has 1 heterocycles. The van der Waals surface area contributed by atoms with Gasteiger partial charge in [0.15, 0.2) is 5.82 Å². The van der Waals surface area contributed by atoms with Crippen LogP contribution >= 0.6 is 0 Å². The molecule has 0 aliphatic carbocycles. The van der Waals surface area contributed by atoms with Gasteiger partial charge >= 0.3 is 0 Å². The Kier molecular flexibility index (Phi) is 4.04. The van der Waals surface area contributed by atoms with E-state index in [2.05, 4.69) is 11.8 Å². The van der Waals surface area contributed by atoms with Crippen LogP contribution in [0.2, 0.25) is 0 Å². The molecule has 1 saturated heterocycles. The van der Waals surface area contributed by atoms with Gasteiger partial charge in [-0.25, -0.2) is 8.78 Å². The highest BCUT2D eigenvalue weighted by atomic mass is 19.1. The number of nitrogens with two attached hydrogens (primary N) is 1. The smallest absolute Gasteiger partial charge is 0.151 e. The number of hydrogen-bond acceptors (Lipinski definition) is 2. The van der Waals surface area contributed by atoms with E-state index < -0.39 is 11.6 Å². The number of hydrogen-bond donors (Lipinski definition) is 1. The molecule has 2 N–H and O–H groups in total. The van der Waals surface area contributed by atoms with Crippen molar-refractivity contribution in [3.8, 4) is 0 Å². The molecule has 2 rings (SSSR count). The van der Waals surface area contributed by atoms with Crippen LogP contribution in [0.5, 0.6) is 0 Å². The minimum absolute atomic E-state index is 0.0664. The molecule has 1 fully saturated rings. The monoisotopic (exact) mass is 254 g/mol. The van der Waals surface area contributed by atoms with E-state index >= 15 is 0 Å². The molecule has 0 aromatic heterocycles. The zero-order chi connectivity index (χ0) is 13.1. The van der Waals surface area contributed by atoms with Crippen LogP contribution in [0.3, 0.4) is 0 Å². The minimum atomic E-state index is -0.663. The summed E-state index contributed by atoms with van der Waals surface area (Å²) in [4.78, 5) is 2.08. The highest BCUT2D eigenvalue weighted by Crippen LogP contribution is 2.32. The maximum Gasteiger partial charge on any atom is 0.151 e.